The van der Waals surface area contributed by atoms with Crippen molar-refractivity contribution in [2.24, 2.45) is 0 Å². The Morgan fingerprint density at radius 2 is 1.70 bits per heavy atom. The number of rotatable bonds is 3. The molecule has 1 nitrogen and oxygen atoms in total. The Morgan fingerprint density at radius 3 is 2.40 bits per heavy atom. The maximum absolute atomic E-state index is 4.99. The van der Waals surface area contributed by atoms with Crippen molar-refractivity contribution in [2.75, 3.05) is 0 Å². The van der Waals surface area contributed by atoms with E-state index in [0.717, 1.165) is 19.3 Å². The van der Waals surface area contributed by atoms with E-state index in [0.29, 0.717) is 0 Å². The molecule has 1 aromatic carbocycles. The first-order chi connectivity index (χ1) is 9.85. The summed E-state index contributed by atoms with van der Waals surface area (Å²) in [5.41, 5.74) is 8.54. The number of benzene rings is 1. The number of pyridine rings is 1. The van der Waals surface area contributed by atoms with Gasteiger partial charge >= 0.3 is 0 Å². The molecule has 1 aliphatic carbocycles. The molecule has 0 atom stereocenters. The predicted octanol–water partition coefficient (Wildman–Crippen LogP) is 4.75. The highest BCUT2D eigenvalue weighted by Gasteiger charge is 2.20. The van der Waals surface area contributed by atoms with Crippen LogP contribution in [0.1, 0.15) is 49.2 Å². The first-order valence-electron chi connectivity index (χ1n) is 7.94. The highest BCUT2D eigenvalue weighted by Crippen LogP contribution is 2.35. The predicted molar refractivity (Wildman–Crippen MR) is 85.1 cm³/mol. The summed E-state index contributed by atoms with van der Waals surface area (Å²) >= 11 is 0. The minimum Gasteiger partial charge on any atom is -0.257 e. The van der Waals surface area contributed by atoms with Crippen LogP contribution in [0.5, 0.6) is 0 Å². The van der Waals surface area contributed by atoms with E-state index in [9.17, 15) is 0 Å². The summed E-state index contributed by atoms with van der Waals surface area (Å²) in [6, 6.07) is 10.9. The van der Waals surface area contributed by atoms with Crippen molar-refractivity contribution in [1.29, 1.82) is 0 Å². The van der Waals surface area contributed by atoms with E-state index in [-0.39, 0.29) is 0 Å². The molecule has 0 aliphatic heterocycles. The topological polar surface area (TPSA) is 12.9 Å². The summed E-state index contributed by atoms with van der Waals surface area (Å²) in [7, 11) is 0. The van der Waals surface area contributed by atoms with Crippen LogP contribution in [0, 0.1) is 0 Å². The molecule has 1 heterocycles. The average Bonchev–Trinajstić information content (AvgIpc) is 2.53. The van der Waals surface area contributed by atoms with E-state index in [2.05, 4.69) is 44.2 Å². The van der Waals surface area contributed by atoms with Gasteiger partial charge in [-0.3, -0.25) is 4.98 Å². The van der Waals surface area contributed by atoms with Gasteiger partial charge in [0.1, 0.15) is 0 Å². The molecule has 3 rings (SSSR count). The zero-order valence-corrected chi connectivity index (χ0v) is 12.6. The molecule has 2 aromatic rings. The van der Waals surface area contributed by atoms with Gasteiger partial charge in [-0.15, -0.1) is 0 Å². The van der Waals surface area contributed by atoms with E-state index in [1.54, 1.807) is 0 Å². The molecule has 0 spiro atoms. The van der Waals surface area contributed by atoms with E-state index in [1.165, 1.54) is 52.9 Å². The Labute approximate surface area is 122 Å². The van der Waals surface area contributed by atoms with Crippen LogP contribution in [0.4, 0.5) is 0 Å². The van der Waals surface area contributed by atoms with Crippen molar-refractivity contribution < 1.29 is 0 Å². The summed E-state index contributed by atoms with van der Waals surface area (Å²) in [6.45, 7) is 4.49. The summed E-state index contributed by atoms with van der Waals surface area (Å²) in [4.78, 5) is 4.99. The van der Waals surface area contributed by atoms with E-state index >= 15 is 0 Å². The number of fused-ring (bicyclic) bond motifs is 1. The Bertz CT molecular complexity index is 585. The van der Waals surface area contributed by atoms with Crippen molar-refractivity contribution >= 4 is 0 Å². The molecule has 1 heteroatoms. The first kappa shape index (κ1) is 13.4. The molecule has 0 unspecified atom stereocenters. The van der Waals surface area contributed by atoms with Crippen LogP contribution in [0.3, 0.4) is 0 Å². The number of nitrogens with zero attached hydrogens (tertiary/aromatic N) is 1. The smallest absolute Gasteiger partial charge is 0.0445 e. The van der Waals surface area contributed by atoms with Gasteiger partial charge in [-0.2, -0.15) is 0 Å². The zero-order valence-electron chi connectivity index (χ0n) is 12.6. The molecule has 0 radical (unpaired) electrons. The van der Waals surface area contributed by atoms with Gasteiger partial charge in [-0.1, -0.05) is 44.2 Å². The van der Waals surface area contributed by atoms with Crippen molar-refractivity contribution in [3.8, 4) is 11.1 Å². The minimum atomic E-state index is 1.04. The molecule has 1 aromatic heterocycles. The van der Waals surface area contributed by atoms with E-state index in [4.69, 9.17) is 4.98 Å². The van der Waals surface area contributed by atoms with Gasteiger partial charge in [0.05, 0.1) is 0 Å². The monoisotopic (exact) mass is 265 g/mol. The Balaban J connectivity index is 2.29. The number of hydrogen-bond donors (Lipinski definition) is 0. The fourth-order valence-corrected chi connectivity index (χ4v) is 3.47. The van der Waals surface area contributed by atoms with Gasteiger partial charge in [0.2, 0.25) is 0 Å². The van der Waals surface area contributed by atoms with Gasteiger partial charge in [-0.05, 0) is 60.8 Å². The number of hydrogen-bond acceptors (Lipinski definition) is 1. The molecule has 0 bridgehead atoms. The molecule has 0 saturated heterocycles. The second kappa shape index (κ2) is 5.78. The molecular formula is C19H23N. The number of aryl methyl sites for hydroxylation is 2. The second-order valence-corrected chi connectivity index (χ2v) is 5.62. The third-order valence-corrected chi connectivity index (χ3v) is 4.41. The van der Waals surface area contributed by atoms with Gasteiger partial charge in [0, 0.05) is 11.4 Å². The molecule has 0 N–H and O–H groups in total. The molecule has 104 valence electrons. The zero-order chi connectivity index (χ0) is 13.9. The summed E-state index contributed by atoms with van der Waals surface area (Å²) in [6.07, 6.45) is 7.08. The van der Waals surface area contributed by atoms with Gasteiger partial charge in [0.15, 0.2) is 0 Å². The average molecular weight is 265 g/mol. The van der Waals surface area contributed by atoms with Crippen molar-refractivity contribution in [1.82, 2.24) is 4.98 Å². The lowest BCUT2D eigenvalue weighted by Crippen LogP contribution is -2.12. The van der Waals surface area contributed by atoms with Crippen LogP contribution in [0.2, 0.25) is 0 Å². The second-order valence-electron chi connectivity index (χ2n) is 5.62. The van der Waals surface area contributed by atoms with Crippen molar-refractivity contribution in [3.63, 3.8) is 0 Å². The lowest BCUT2D eigenvalue weighted by Gasteiger charge is -2.24. The molecule has 0 saturated carbocycles. The first-order valence-corrected chi connectivity index (χ1v) is 7.94. The number of aromatic nitrogens is 1. The lowest BCUT2D eigenvalue weighted by molar-refractivity contribution is 0.662. The Morgan fingerprint density at radius 1 is 0.950 bits per heavy atom. The van der Waals surface area contributed by atoms with E-state index in [1.807, 2.05) is 0 Å². The molecule has 20 heavy (non-hydrogen) atoms. The van der Waals surface area contributed by atoms with Gasteiger partial charge in [0.25, 0.3) is 0 Å². The summed E-state index contributed by atoms with van der Waals surface area (Å²) < 4.78 is 0. The van der Waals surface area contributed by atoms with E-state index < -0.39 is 0 Å². The molecule has 0 amide bonds. The summed E-state index contributed by atoms with van der Waals surface area (Å²) in [5, 5.41) is 0. The van der Waals surface area contributed by atoms with Crippen LogP contribution in [-0.2, 0) is 25.7 Å². The summed E-state index contributed by atoms with van der Waals surface area (Å²) in [5.74, 6) is 0. The Kier molecular flexibility index (Phi) is 3.86. The Hall–Kier alpha value is -1.63. The maximum Gasteiger partial charge on any atom is 0.0445 e. The quantitative estimate of drug-likeness (QED) is 0.780. The van der Waals surface area contributed by atoms with Crippen LogP contribution in [-0.4, -0.2) is 4.98 Å². The SMILES string of the molecule is CCc1nc2c(c(-c3ccccc3)c1CC)CCCC2. The van der Waals surface area contributed by atoms with Crippen LogP contribution >= 0.6 is 0 Å². The highest BCUT2D eigenvalue weighted by atomic mass is 14.7. The largest absolute Gasteiger partial charge is 0.257 e. The van der Waals surface area contributed by atoms with Gasteiger partial charge in [-0.25, -0.2) is 0 Å². The maximum atomic E-state index is 4.99. The standard InChI is InChI=1S/C19H23N/c1-3-15-17(4-2)20-18-13-9-8-12-16(18)19(15)14-10-6-5-7-11-14/h5-7,10-11H,3-4,8-9,12-13H2,1-2H3. The van der Waals surface area contributed by atoms with Crippen LogP contribution < -0.4 is 0 Å². The lowest BCUT2D eigenvalue weighted by atomic mass is 9.84. The van der Waals surface area contributed by atoms with Gasteiger partial charge < -0.3 is 0 Å². The molecule has 1 aliphatic rings. The van der Waals surface area contributed by atoms with Crippen molar-refractivity contribution in [2.45, 2.75) is 52.4 Å². The fourth-order valence-electron chi connectivity index (χ4n) is 3.47. The molecule has 0 fully saturated rings. The molecular weight excluding hydrogens is 242 g/mol. The van der Waals surface area contributed by atoms with Crippen molar-refractivity contribution in [3.05, 3.63) is 52.8 Å². The van der Waals surface area contributed by atoms with Crippen LogP contribution in [0.25, 0.3) is 11.1 Å². The highest BCUT2D eigenvalue weighted by molar-refractivity contribution is 5.73. The third-order valence-electron chi connectivity index (χ3n) is 4.41. The normalized spacial score (nSPS) is 14.1. The van der Waals surface area contributed by atoms with Crippen LogP contribution in [0.15, 0.2) is 30.3 Å². The third kappa shape index (κ3) is 2.26. The minimum absolute atomic E-state index is 1.04. The fraction of sp³-hybridized carbons (Fsp3) is 0.421.